The van der Waals surface area contributed by atoms with Crippen LogP contribution in [0.15, 0.2) is 40.5 Å². The van der Waals surface area contributed by atoms with E-state index in [2.05, 4.69) is 26.3 Å². The minimum absolute atomic E-state index is 0.0517. The van der Waals surface area contributed by atoms with Gasteiger partial charge in [0, 0.05) is 11.4 Å². The Bertz CT molecular complexity index is 1160. The Morgan fingerprint density at radius 2 is 2.00 bits per heavy atom. The number of fused-ring (bicyclic) bond motifs is 1. The van der Waals surface area contributed by atoms with E-state index >= 15 is 0 Å². The van der Waals surface area contributed by atoms with Crippen LogP contribution in [0.5, 0.6) is 17.4 Å². The number of carbonyl (C=O) groups excluding carboxylic acids is 1. The summed E-state index contributed by atoms with van der Waals surface area (Å²) in [5, 5.41) is 4.69. The number of amides is 1. The molecule has 0 unspecified atom stereocenters. The van der Waals surface area contributed by atoms with Gasteiger partial charge in [-0.15, -0.1) is 11.3 Å². The number of hydrogen-bond donors (Lipinski definition) is 2. The summed E-state index contributed by atoms with van der Waals surface area (Å²) in [5.41, 5.74) is 1.84. The van der Waals surface area contributed by atoms with Crippen LogP contribution < -0.4 is 25.1 Å². The van der Waals surface area contributed by atoms with E-state index in [4.69, 9.17) is 14.2 Å². The van der Waals surface area contributed by atoms with E-state index in [9.17, 15) is 9.59 Å². The Kier molecular flexibility index (Phi) is 6.42. The van der Waals surface area contributed by atoms with Crippen LogP contribution in [0.3, 0.4) is 0 Å². The molecule has 168 valence electrons. The van der Waals surface area contributed by atoms with Crippen molar-refractivity contribution in [3.05, 3.63) is 62.1 Å². The second kappa shape index (κ2) is 9.41. The third-order valence-corrected chi connectivity index (χ3v) is 6.24. The van der Waals surface area contributed by atoms with Crippen LogP contribution in [0.1, 0.15) is 22.0 Å². The first-order valence-electron chi connectivity index (χ1n) is 9.99. The third-order valence-electron chi connectivity index (χ3n) is 5.32. The van der Waals surface area contributed by atoms with Gasteiger partial charge in [0.1, 0.15) is 0 Å². The van der Waals surface area contributed by atoms with Gasteiger partial charge in [-0.1, -0.05) is 6.07 Å². The molecule has 3 heterocycles. The molecule has 1 aliphatic rings. The zero-order chi connectivity index (χ0) is 22.7. The molecule has 4 rings (SSSR count). The molecule has 10 heteroatoms. The Morgan fingerprint density at radius 1 is 1.22 bits per heavy atom. The molecule has 0 aliphatic carbocycles. The van der Waals surface area contributed by atoms with Crippen molar-refractivity contribution in [2.45, 2.75) is 12.5 Å². The molecule has 2 aromatic heterocycles. The van der Waals surface area contributed by atoms with E-state index in [1.807, 2.05) is 23.6 Å². The van der Waals surface area contributed by atoms with Crippen LogP contribution in [0.4, 0.5) is 5.95 Å². The number of methoxy groups -OCH3 is 3. The van der Waals surface area contributed by atoms with E-state index in [1.54, 1.807) is 25.6 Å². The summed E-state index contributed by atoms with van der Waals surface area (Å²) in [4.78, 5) is 34.4. The number of carbonyl (C=O) groups is 1. The largest absolute Gasteiger partial charge is 0.493 e. The highest BCUT2D eigenvalue weighted by molar-refractivity contribution is 7.10. The van der Waals surface area contributed by atoms with Gasteiger partial charge < -0.3 is 14.2 Å². The lowest BCUT2D eigenvalue weighted by Crippen LogP contribution is -2.41. The first kappa shape index (κ1) is 21.8. The molecule has 1 aliphatic heterocycles. The van der Waals surface area contributed by atoms with Crippen LogP contribution in [-0.2, 0) is 11.2 Å². The minimum Gasteiger partial charge on any atom is -0.493 e. The summed E-state index contributed by atoms with van der Waals surface area (Å²) in [6.07, 6.45) is 0.763. The molecule has 2 N–H and O–H groups in total. The summed E-state index contributed by atoms with van der Waals surface area (Å²) < 4.78 is 16.0. The molecule has 9 nitrogen and oxygen atoms in total. The van der Waals surface area contributed by atoms with Crippen molar-refractivity contribution < 1.29 is 19.0 Å². The average molecular weight is 457 g/mol. The second-order valence-electron chi connectivity index (χ2n) is 7.23. The number of rotatable bonds is 7. The fraction of sp³-hybridized carbons (Fsp3) is 0.318. The lowest BCUT2D eigenvalue weighted by atomic mass is 9.91. The first-order valence-corrected chi connectivity index (χ1v) is 10.9. The van der Waals surface area contributed by atoms with E-state index in [0.717, 1.165) is 22.4 Å². The molecular weight excluding hydrogens is 432 g/mol. The highest BCUT2D eigenvalue weighted by Crippen LogP contribution is 2.42. The van der Waals surface area contributed by atoms with Gasteiger partial charge in [-0.3, -0.25) is 24.8 Å². The number of nitrogens with one attached hydrogen (secondary N) is 2. The molecule has 0 fully saturated rings. The standard InChI is InChI=1S/C22H24N4O5S/c1-29-15-9-13-6-7-26(12-19(28)24-22-23-18(27)11-20(25-22)31-3)21(17-5-4-8-32-17)14(13)10-16(15)30-2/h4-5,8-11,21H,6-7,12H2,1-3H3,(H2,23,24,25,27,28)/t21-/m0/s1. The zero-order valence-corrected chi connectivity index (χ0v) is 18.8. The maximum Gasteiger partial charge on any atom is 0.256 e. The number of thiophene rings is 1. The molecular formula is C22H24N4O5S. The number of anilines is 1. The number of aromatic nitrogens is 2. The van der Waals surface area contributed by atoms with Gasteiger partial charge in [-0.25, -0.2) is 0 Å². The lowest BCUT2D eigenvalue weighted by molar-refractivity contribution is -0.117. The molecule has 32 heavy (non-hydrogen) atoms. The molecule has 0 bridgehead atoms. The molecule has 3 aromatic rings. The maximum absolute atomic E-state index is 12.8. The molecule has 0 radical (unpaired) electrons. The van der Waals surface area contributed by atoms with E-state index in [0.29, 0.717) is 18.0 Å². The van der Waals surface area contributed by atoms with Gasteiger partial charge in [0.2, 0.25) is 17.7 Å². The third kappa shape index (κ3) is 4.46. The van der Waals surface area contributed by atoms with Crippen LogP contribution in [-0.4, -0.2) is 55.2 Å². The zero-order valence-electron chi connectivity index (χ0n) is 18.0. The average Bonchev–Trinajstić information content (AvgIpc) is 3.31. The van der Waals surface area contributed by atoms with Crippen molar-refractivity contribution in [3.8, 4) is 17.4 Å². The molecule has 0 saturated carbocycles. The Balaban J connectivity index is 1.62. The quantitative estimate of drug-likeness (QED) is 0.563. The predicted octanol–water partition coefficient (Wildman–Crippen LogP) is 2.44. The summed E-state index contributed by atoms with van der Waals surface area (Å²) in [7, 11) is 4.64. The van der Waals surface area contributed by atoms with Crippen molar-refractivity contribution in [3.63, 3.8) is 0 Å². The number of ether oxygens (including phenoxy) is 3. The van der Waals surface area contributed by atoms with Crippen molar-refractivity contribution in [2.24, 2.45) is 0 Å². The highest BCUT2D eigenvalue weighted by atomic mass is 32.1. The van der Waals surface area contributed by atoms with Crippen molar-refractivity contribution in [2.75, 3.05) is 39.7 Å². The topological polar surface area (TPSA) is 106 Å². The second-order valence-corrected chi connectivity index (χ2v) is 8.21. The number of nitrogens with zero attached hydrogens (tertiary/aromatic N) is 2. The van der Waals surface area contributed by atoms with Crippen molar-refractivity contribution >= 4 is 23.2 Å². The summed E-state index contributed by atoms with van der Waals surface area (Å²) >= 11 is 1.64. The minimum atomic E-state index is -0.406. The lowest BCUT2D eigenvalue weighted by Gasteiger charge is -2.36. The normalized spacial score (nSPS) is 15.7. The number of H-pyrrole nitrogens is 1. The molecule has 1 amide bonds. The molecule has 1 aromatic carbocycles. The number of hydrogen-bond acceptors (Lipinski definition) is 8. The van der Waals surface area contributed by atoms with Crippen molar-refractivity contribution in [1.82, 2.24) is 14.9 Å². The summed E-state index contributed by atoms with van der Waals surface area (Å²) in [6.45, 7) is 0.803. The van der Waals surface area contributed by atoms with Gasteiger partial charge in [-0.05, 0) is 41.1 Å². The Labute approximate surface area is 189 Å². The maximum atomic E-state index is 12.8. The monoisotopic (exact) mass is 456 g/mol. The van der Waals surface area contributed by atoms with Crippen LogP contribution in [0.2, 0.25) is 0 Å². The smallest absolute Gasteiger partial charge is 0.256 e. The fourth-order valence-electron chi connectivity index (χ4n) is 3.90. The van der Waals surface area contributed by atoms with Crippen molar-refractivity contribution in [1.29, 1.82) is 0 Å². The molecule has 0 spiro atoms. The van der Waals surface area contributed by atoms with E-state index < -0.39 is 5.56 Å². The summed E-state index contributed by atoms with van der Waals surface area (Å²) in [5.74, 6) is 1.24. The van der Waals surface area contributed by atoms with Gasteiger partial charge in [0.25, 0.3) is 5.56 Å². The Hall–Kier alpha value is -3.37. The van der Waals surface area contributed by atoms with Crippen LogP contribution in [0, 0.1) is 0 Å². The first-order chi connectivity index (χ1) is 15.5. The van der Waals surface area contributed by atoms with Crippen LogP contribution >= 0.6 is 11.3 Å². The fourth-order valence-corrected chi connectivity index (χ4v) is 4.78. The van der Waals surface area contributed by atoms with Gasteiger partial charge >= 0.3 is 0 Å². The number of benzene rings is 1. The van der Waals surface area contributed by atoms with E-state index in [-0.39, 0.29) is 30.3 Å². The van der Waals surface area contributed by atoms with E-state index in [1.165, 1.54) is 13.2 Å². The Morgan fingerprint density at radius 3 is 2.69 bits per heavy atom. The predicted molar refractivity (Wildman–Crippen MR) is 121 cm³/mol. The van der Waals surface area contributed by atoms with Crippen LogP contribution in [0.25, 0.3) is 0 Å². The van der Waals surface area contributed by atoms with Gasteiger partial charge in [0.05, 0.1) is 40.0 Å². The van der Waals surface area contributed by atoms with Gasteiger partial charge in [0.15, 0.2) is 11.5 Å². The SMILES string of the molecule is COc1cc(=O)[nH]c(NC(=O)CN2CCc3cc(OC)c(OC)cc3[C@H]2c2cccs2)n1. The number of aromatic amines is 1. The molecule has 0 saturated heterocycles. The summed E-state index contributed by atoms with van der Waals surface area (Å²) in [6, 6.07) is 9.17. The molecule has 1 atom stereocenters. The highest BCUT2D eigenvalue weighted by Gasteiger charge is 2.32. The van der Waals surface area contributed by atoms with Gasteiger partial charge in [-0.2, -0.15) is 4.98 Å².